The molecular weight excluding hydrogens is 292 g/mol. The summed E-state index contributed by atoms with van der Waals surface area (Å²) in [5.41, 5.74) is 0. The van der Waals surface area contributed by atoms with Crippen molar-refractivity contribution in [2.75, 3.05) is 0 Å². The van der Waals surface area contributed by atoms with Crippen molar-refractivity contribution in [1.29, 1.82) is 0 Å². The Morgan fingerprint density at radius 1 is 0.800 bits per heavy atom. The topological polar surface area (TPSA) is 80.3 Å². The maximum Gasteiger partial charge on any atom is 2.00 e. The van der Waals surface area contributed by atoms with Crippen molar-refractivity contribution in [3.05, 3.63) is 23.7 Å². The van der Waals surface area contributed by atoms with Crippen LogP contribution in [0.25, 0.3) is 0 Å². The van der Waals surface area contributed by atoms with Gasteiger partial charge in [0.25, 0.3) is 0 Å². The van der Waals surface area contributed by atoms with E-state index >= 15 is 0 Å². The Balaban J connectivity index is -0.000000180. The monoisotopic (exact) mass is 305 g/mol. The van der Waals surface area contributed by atoms with Gasteiger partial charge in [-0.1, -0.05) is 13.8 Å². The fourth-order valence-corrected chi connectivity index (χ4v) is 0.572. The second-order valence-corrected chi connectivity index (χ2v) is 2.73. The summed E-state index contributed by atoms with van der Waals surface area (Å²) in [4.78, 5) is 20.0. The number of hydrogen-bond donors (Lipinski definition) is 0. The van der Waals surface area contributed by atoms with Gasteiger partial charge in [-0.3, -0.25) is 9.59 Å². The zero-order valence-corrected chi connectivity index (χ0v) is 10.6. The molecule has 0 unspecified atom stereocenters. The average Bonchev–Trinajstić information content (AvgIpc) is 1.79. The molecule has 0 amide bonds. The SMILES string of the molecule is CC(=O)/C=C(/C)[O-].CC(=O)/C=C(/C)[O-].[Ag+2]. The predicted octanol–water partition coefficient (Wildman–Crippen LogP) is -0.324. The molecule has 4 nitrogen and oxygen atoms in total. The Labute approximate surface area is 105 Å². The van der Waals surface area contributed by atoms with Crippen LogP contribution in [0.15, 0.2) is 23.7 Å². The Hall–Kier alpha value is -0.840. The molecule has 0 aromatic heterocycles. The first-order valence-electron chi connectivity index (χ1n) is 3.97. The van der Waals surface area contributed by atoms with Crippen molar-refractivity contribution in [2.24, 2.45) is 0 Å². The molecule has 0 bridgehead atoms. The number of allylic oxidation sites excluding steroid dienone is 4. The second-order valence-electron chi connectivity index (χ2n) is 2.73. The third-order valence-electron chi connectivity index (χ3n) is 0.813. The average molecular weight is 306 g/mol. The van der Waals surface area contributed by atoms with E-state index in [-0.39, 0.29) is 45.5 Å². The van der Waals surface area contributed by atoms with Gasteiger partial charge < -0.3 is 10.2 Å². The molecule has 89 valence electrons. The molecule has 0 fully saturated rings. The molecule has 0 saturated heterocycles. The van der Waals surface area contributed by atoms with E-state index in [1.54, 1.807) is 0 Å². The molecule has 1 radical (unpaired) electrons. The molecule has 0 aliphatic heterocycles. The van der Waals surface area contributed by atoms with Gasteiger partial charge in [-0.2, -0.15) is 0 Å². The quantitative estimate of drug-likeness (QED) is 0.398. The summed E-state index contributed by atoms with van der Waals surface area (Å²) in [6.45, 7) is 5.39. The number of carbonyl (C=O) groups is 2. The molecule has 0 heterocycles. The Morgan fingerprint density at radius 3 is 1.00 bits per heavy atom. The molecule has 0 atom stereocenters. The molecule has 0 spiro atoms. The molecule has 0 aromatic rings. The Morgan fingerprint density at radius 2 is 1.00 bits per heavy atom. The van der Waals surface area contributed by atoms with Crippen molar-refractivity contribution in [1.82, 2.24) is 0 Å². The van der Waals surface area contributed by atoms with Crippen LogP contribution in [0.5, 0.6) is 0 Å². The van der Waals surface area contributed by atoms with E-state index in [1.807, 2.05) is 0 Å². The smallest absolute Gasteiger partial charge is 0.876 e. The van der Waals surface area contributed by atoms with E-state index in [1.165, 1.54) is 27.7 Å². The van der Waals surface area contributed by atoms with Gasteiger partial charge in [0.1, 0.15) is 0 Å². The maximum absolute atomic E-state index is 9.98. The first-order valence-corrected chi connectivity index (χ1v) is 3.97. The molecule has 0 aliphatic rings. The van der Waals surface area contributed by atoms with E-state index in [0.29, 0.717) is 0 Å². The van der Waals surface area contributed by atoms with Gasteiger partial charge >= 0.3 is 22.4 Å². The summed E-state index contributed by atoms with van der Waals surface area (Å²) in [7, 11) is 0. The van der Waals surface area contributed by atoms with Crippen LogP contribution in [0.4, 0.5) is 0 Å². The van der Waals surface area contributed by atoms with E-state index in [4.69, 9.17) is 0 Å². The molecular formula is C10H14AgO4. The summed E-state index contributed by atoms with van der Waals surface area (Å²) in [6, 6.07) is 0. The summed E-state index contributed by atoms with van der Waals surface area (Å²) >= 11 is 0. The molecule has 0 aliphatic carbocycles. The minimum absolute atomic E-state index is 0. The normalized spacial score (nSPS) is 10.7. The molecule has 0 N–H and O–H groups in total. The standard InChI is InChI=1S/2C5H8O2.Ag/c2*1-4(6)3-5(2)7;/h2*3,6H,1-2H3;/q;;+2/p-2/b2*4-3-;. The van der Waals surface area contributed by atoms with E-state index in [9.17, 15) is 19.8 Å². The van der Waals surface area contributed by atoms with Gasteiger partial charge in [-0.05, 0) is 26.0 Å². The van der Waals surface area contributed by atoms with Crippen LogP contribution in [0, 0.1) is 0 Å². The largest absolute Gasteiger partial charge is 2.00 e. The minimum Gasteiger partial charge on any atom is -0.876 e. The number of rotatable bonds is 2. The first-order chi connectivity index (χ1) is 6.25. The van der Waals surface area contributed by atoms with Crippen LogP contribution < -0.4 is 10.2 Å². The summed E-state index contributed by atoms with van der Waals surface area (Å²) < 4.78 is 0. The van der Waals surface area contributed by atoms with Crippen LogP contribution in [0.2, 0.25) is 0 Å². The van der Waals surface area contributed by atoms with Crippen LogP contribution in [0.1, 0.15) is 27.7 Å². The first kappa shape index (κ1) is 19.7. The third kappa shape index (κ3) is 32.0. The molecule has 0 aromatic carbocycles. The van der Waals surface area contributed by atoms with Crippen molar-refractivity contribution in [2.45, 2.75) is 27.7 Å². The second kappa shape index (κ2) is 11.2. The van der Waals surface area contributed by atoms with Gasteiger partial charge in [0.2, 0.25) is 0 Å². The van der Waals surface area contributed by atoms with E-state index < -0.39 is 0 Å². The Bertz CT molecular complexity index is 231. The summed E-state index contributed by atoms with van der Waals surface area (Å²) in [5.74, 6) is -0.750. The van der Waals surface area contributed by atoms with Gasteiger partial charge in [0.15, 0.2) is 11.6 Å². The van der Waals surface area contributed by atoms with Gasteiger partial charge in [-0.15, -0.1) is 11.5 Å². The van der Waals surface area contributed by atoms with Crippen LogP contribution in [-0.4, -0.2) is 11.6 Å². The van der Waals surface area contributed by atoms with E-state index in [0.717, 1.165) is 12.2 Å². The number of ketones is 2. The van der Waals surface area contributed by atoms with Crippen molar-refractivity contribution < 1.29 is 42.2 Å². The van der Waals surface area contributed by atoms with Gasteiger partial charge in [-0.25, -0.2) is 0 Å². The maximum atomic E-state index is 9.98. The third-order valence-corrected chi connectivity index (χ3v) is 0.813. The van der Waals surface area contributed by atoms with Crippen LogP contribution in [-0.2, 0) is 32.0 Å². The fraction of sp³-hybridized carbons (Fsp3) is 0.400. The van der Waals surface area contributed by atoms with Crippen molar-refractivity contribution in [3.63, 3.8) is 0 Å². The Kier molecular flexibility index (Phi) is 14.7. The van der Waals surface area contributed by atoms with Crippen molar-refractivity contribution in [3.8, 4) is 0 Å². The number of hydrogen-bond acceptors (Lipinski definition) is 4. The number of carbonyl (C=O) groups excluding carboxylic acids is 2. The zero-order valence-electron chi connectivity index (χ0n) is 9.09. The summed E-state index contributed by atoms with van der Waals surface area (Å²) in [5, 5.41) is 20.0. The van der Waals surface area contributed by atoms with Gasteiger partial charge in [0.05, 0.1) is 0 Å². The minimum atomic E-state index is -0.187. The van der Waals surface area contributed by atoms with Crippen LogP contribution in [0.3, 0.4) is 0 Å². The molecule has 5 heteroatoms. The zero-order chi connectivity index (χ0) is 11.7. The van der Waals surface area contributed by atoms with E-state index in [2.05, 4.69) is 0 Å². The van der Waals surface area contributed by atoms with Crippen molar-refractivity contribution >= 4 is 11.6 Å². The predicted molar refractivity (Wildman–Crippen MR) is 48.9 cm³/mol. The molecule has 15 heavy (non-hydrogen) atoms. The fourth-order valence-electron chi connectivity index (χ4n) is 0.572. The van der Waals surface area contributed by atoms with Gasteiger partial charge in [0, 0.05) is 0 Å². The van der Waals surface area contributed by atoms with Crippen LogP contribution >= 0.6 is 0 Å². The molecule has 0 saturated carbocycles. The summed E-state index contributed by atoms with van der Waals surface area (Å²) in [6.07, 6.45) is 2.11. The molecule has 0 rings (SSSR count).